The molecule has 1 aromatic heterocycles. The largest absolute Gasteiger partial charge is 0.496 e. The first-order chi connectivity index (χ1) is 9.74. The zero-order valence-electron chi connectivity index (χ0n) is 11.8. The molecule has 0 bridgehead atoms. The van der Waals surface area contributed by atoms with E-state index in [2.05, 4.69) is 23.3 Å². The molecule has 0 aliphatic rings. The standard InChI is InChI=1S/C15H19N3O2/c1-3-16-9-12-4-5-14(20-2)13(8-12)10-18-11-17-7-6-15(18)19/h4-8,11,16H,3,9-10H2,1-2H3. The zero-order chi connectivity index (χ0) is 14.4. The second-order valence-electron chi connectivity index (χ2n) is 4.47. The van der Waals surface area contributed by atoms with E-state index in [4.69, 9.17) is 4.74 Å². The molecule has 5 nitrogen and oxygen atoms in total. The van der Waals surface area contributed by atoms with E-state index < -0.39 is 0 Å². The number of rotatable bonds is 6. The Morgan fingerprint density at radius 1 is 1.35 bits per heavy atom. The van der Waals surface area contributed by atoms with E-state index in [-0.39, 0.29) is 5.56 Å². The smallest absolute Gasteiger partial charge is 0.253 e. The molecule has 0 fully saturated rings. The van der Waals surface area contributed by atoms with Gasteiger partial charge in [0.05, 0.1) is 20.0 Å². The fourth-order valence-corrected chi connectivity index (χ4v) is 2.02. The van der Waals surface area contributed by atoms with Crippen LogP contribution in [-0.2, 0) is 13.1 Å². The number of hydrogen-bond donors (Lipinski definition) is 1. The molecule has 0 saturated heterocycles. The van der Waals surface area contributed by atoms with Crippen LogP contribution in [0.2, 0.25) is 0 Å². The highest BCUT2D eigenvalue weighted by Crippen LogP contribution is 2.20. The molecule has 2 aromatic rings. The zero-order valence-corrected chi connectivity index (χ0v) is 11.8. The van der Waals surface area contributed by atoms with Gasteiger partial charge in [-0.15, -0.1) is 0 Å². The van der Waals surface area contributed by atoms with Crippen molar-refractivity contribution in [1.82, 2.24) is 14.9 Å². The van der Waals surface area contributed by atoms with E-state index in [1.54, 1.807) is 18.0 Å². The maximum atomic E-state index is 11.7. The first-order valence-electron chi connectivity index (χ1n) is 6.61. The lowest BCUT2D eigenvalue weighted by Gasteiger charge is -2.12. The first-order valence-corrected chi connectivity index (χ1v) is 6.61. The van der Waals surface area contributed by atoms with Gasteiger partial charge < -0.3 is 10.1 Å². The lowest BCUT2D eigenvalue weighted by molar-refractivity contribution is 0.407. The third-order valence-corrected chi connectivity index (χ3v) is 3.06. The van der Waals surface area contributed by atoms with Gasteiger partial charge in [-0.1, -0.05) is 13.0 Å². The SMILES string of the molecule is CCNCc1ccc(OC)c(Cn2cnccc2=O)c1. The van der Waals surface area contributed by atoms with Gasteiger partial charge in [-0.2, -0.15) is 0 Å². The second kappa shape index (κ2) is 6.86. The molecule has 1 aromatic carbocycles. The van der Waals surface area contributed by atoms with Gasteiger partial charge >= 0.3 is 0 Å². The van der Waals surface area contributed by atoms with E-state index in [0.29, 0.717) is 6.54 Å². The van der Waals surface area contributed by atoms with Crippen molar-refractivity contribution in [3.8, 4) is 5.75 Å². The van der Waals surface area contributed by atoms with Gasteiger partial charge in [-0.3, -0.25) is 9.36 Å². The van der Waals surface area contributed by atoms with Crippen molar-refractivity contribution in [3.63, 3.8) is 0 Å². The van der Waals surface area contributed by atoms with Crippen LogP contribution in [0.5, 0.6) is 5.75 Å². The summed E-state index contributed by atoms with van der Waals surface area (Å²) >= 11 is 0. The number of hydrogen-bond acceptors (Lipinski definition) is 4. The Bertz CT molecular complexity index is 623. The quantitative estimate of drug-likeness (QED) is 0.864. The van der Waals surface area contributed by atoms with E-state index in [9.17, 15) is 4.79 Å². The Labute approximate surface area is 118 Å². The van der Waals surface area contributed by atoms with Crippen molar-refractivity contribution in [2.75, 3.05) is 13.7 Å². The summed E-state index contributed by atoms with van der Waals surface area (Å²) in [6.45, 7) is 4.24. The fraction of sp³-hybridized carbons (Fsp3) is 0.333. The normalized spacial score (nSPS) is 10.5. The molecule has 0 aliphatic carbocycles. The fourth-order valence-electron chi connectivity index (χ4n) is 2.02. The first kappa shape index (κ1) is 14.3. The number of nitrogens with zero attached hydrogens (tertiary/aromatic N) is 2. The van der Waals surface area contributed by atoms with Crippen LogP contribution in [0.1, 0.15) is 18.1 Å². The van der Waals surface area contributed by atoms with Crippen LogP contribution in [0, 0.1) is 0 Å². The average Bonchev–Trinajstić information content (AvgIpc) is 2.48. The van der Waals surface area contributed by atoms with Crippen molar-refractivity contribution >= 4 is 0 Å². The second-order valence-corrected chi connectivity index (χ2v) is 4.47. The highest BCUT2D eigenvalue weighted by Gasteiger charge is 2.06. The molecule has 0 spiro atoms. The molecule has 0 aliphatic heterocycles. The highest BCUT2D eigenvalue weighted by molar-refractivity contribution is 5.37. The number of benzene rings is 1. The van der Waals surface area contributed by atoms with Gasteiger partial charge in [0, 0.05) is 24.4 Å². The van der Waals surface area contributed by atoms with Crippen LogP contribution in [0.4, 0.5) is 0 Å². The Hall–Kier alpha value is -2.14. The third-order valence-electron chi connectivity index (χ3n) is 3.06. The summed E-state index contributed by atoms with van der Waals surface area (Å²) in [5, 5.41) is 3.28. The highest BCUT2D eigenvalue weighted by atomic mass is 16.5. The van der Waals surface area contributed by atoms with Crippen LogP contribution < -0.4 is 15.6 Å². The molecule has 0 unspecified atom stereocenters. The Morgan fingerprint density at radius 3 is 2.90 bits per heavy atom. The molecular formula is C15H19N3O2. The Morgan fingerprint density at radius 2 is 2.20 bits per heavy atom. The molecule has 106 valence electrons. The van der Waals surface area contributed by atoms with Crippen LogP contribution >= 0.6 is 0 Å². The van der Waals surface area contributed by atoms with Crippen molar-refractivity contribution < 1.29 is 4.74 Å². The summed E-state index contributed by atoms with van der Waals surface area (Å²) in [5.41, 5.74) is 2.07. The van der Waals surface area contributed by atoms with E-state index in [1.807, 2.05) is 12.1 Å². The number of ether oxygens (including phenoxy) is 1. The molecule has 0 amide bonds. The van der Waals surface area contributed by atoms with E-state index in [0.717, 1.165) is 24.4 Å². The van der Waals surface area contributed by atoms with Gasteiger partial charge in [-0.25, -0.2) is 4.98 Å². The van der Waals surface area contributed by atoms with Crippen LogP contribution in [0.15, 0.2) is 41.6 Å². The molecule has 1 N–H and O–H groups in total. The van der Waals surface area contributed by atoms with Crippen molar-refractivity contribution in [2.24, 2.45) is 0 Å². The maximum absolute atomic E-state index is 11.7. The van der Waals surface area contributed by atoms with Crippen LogP contribution in [0.25, 0.3) is 0 Å². The number of aromatic nitrogens is 2. The molecule has 0 saturated carbocycles. The molecule has 1 heterocycles. The minimum Gasteiger partial charge on any atom is -0.496 e. The topological polar surface area (TPSA) is 56.1 Å². The van der Waals surface area contributed by atoms with Crippen LogP contribution in [-0.4, -0.2) is 23.2 Å². The third kappa shape index (κ3) is 3.45. The van der Waals surface area contributed by atoms with Crippen molar-refractivity contribution in [2.45, 2.75) is 20.0 Å². The Kier molecular flexibility index (Phi) is 4.90. The van der Waals surface area contributed by atoms with E-state index >= 15 is 0 Å². The maximum Gasteiger partial charge on any atom is 0.253 e. The summed E-state index contributed by atoms with van der Waals surface area (Å²) in [4.78, 5) is 15.7. The average molecular weight is 273 g/mol. The molecule has 0 atom stereocenters. The minimum atomic E-state index is -0.0702. The van der Waals surface area contributed by atoms with Gasteiger partial charge in [0.1, 0.15) is 5.75 Å². The monoisotopic (exact) mass is 273 g/mol. The molecule has 20 heavy (non-hydrogen) atoms. The lowest BCUT2D eigenvalue weighted by atomic mass is 10.1. The molecule has 2 rings (SSSR count). The summed E-state index contributed by atoms with van der Waals surface area (Å²) in [7, 11) is 1.63. The number of methoxy groups -OCH3 is 1. The van der Waals surface area contributed by atoms with Crippen molar-refractivity contribution in [1.29, 1.82) is 0 Å². The van der Waals surface area contributed by atoms with Crippen molar-refractivity contribution in [3.05, 3.63) is 58.3 Å². The summed E-state index contributed by atoms with van der Waals surface area (Å²) in [6, 6.07) is 7.47. The van der Waals surface area contributed by atoms with Gasteiger partial charge in [0.25, 0.3) is 5.56 Å². The minimum absolute atomic E-state index is 0.0702. The summed E-state index contributed by atoms with van der Waals surface area (Å²) in [5.74, 6) is 0.779. The van der Waals surface area contributed by atoms with Crippen LogP contribution in [0.3, 0.4) is 0 Å². The van der Waals surface area contributed by atoms with Gasteiger partial charge in [-0.05, 0) is 24.2 Å². The summed E-state index contributed by atoms with van der Waals surface area (Å²) in [6.07, 6.45) is 3.04. The molecule has 5 heteroatoms. The molecular weight excluding hydrogens is 254 g/mol. The number of nitrogens with one attached hydrogen (secondary N) is 1. The summed E-state index contributed by atoms with van der Waals surface area (Å²) < 4.78 is 6.93. The van der Waals surface area contributed by atoms with Gasteiger partial charge in [0.15, 0.2) is 0 Å². The Balaban J connectivity index is 2.29. The molecule has 0 radical (unpaired) electrons. The lowest BCUT2D eigenvalue weighted by Crippen LogP contribution is -2.20. The predicted octanol–water partition coefficient (Wildman–Crippen LogP) is 1.41. The predicted molar refractivity (Wildman–Crippen MR) is 78.0 cm³/mol. The van der Waals surface area contributed by atoms with E-state index in [1.165, 1.54) is 17.8 Å². The van der Waals surface area contributed by atoms with Gasteiger partial charge in [0.2, 0.25) is 0 Å².